The van der Waals surface area contributed by atoms with E-state index in [-0.39, 0.29) is 0 Å². The van der Waals surface area contributed by atoms with Crippen molar-refractivity contribution in [2.24, 2.45) is 0 Å². The van der Waals surface area contributed by atoms with Crippen LogP contribution in [0.4, 0.5) is 0 Å². The van der Waals surface area contributed by atoms with E-state index in [2.05, 4.69) is 17.9 Å². The Morgan fingerprint density at radius 3 is 3.56 bits per heavy atom. The van der Waals surface area contributed by atoms with E-state index in [1.54, 1.807) is 0 Å². The maximum atomic E-state index is 3.13. The first-order valence-electron chi connectivity index (χ1n) is 3.03. The summed E-state index contributed by atoms with van der Waals surface area (Å²) in [6, 6.07) is 0. The molecule has 0 unspecified atom stereocenters. The van der Waals surface area contributed by atoms with Crippen LogP contribution in [0.1, 0.15) is 6.42 Å². The van der Waals surface area contributed by atoms with Gasteiger partial charge in [0.1, 0.15) is 6.08 Å². The molecule has 2 rings (SSSR count). The molecule has 2 aliphatic carbocycles. The van der Waals surface area contributed by atoms with Gasteiger partial charge in [-0.25, -0.2) is 0 Å². The topological polar surface area (TPSA) is 0 Å². The van der Waals surface area contributed by atoms with Crippen LogP contribution in [0.5, 0.6) is 0 Å². The van der Waals surface area contributed by atoms with E-state index in [0.717, 1.165) is 6.42 Å². The normalized spacial score (nSPS) is 19.6. The van der Waals surface area contributed by atoms with Crippen LogP contribution in [0.25, 0.3) is 0 Å². The summed E-state index contributed by atoms with van der Waals surface area (Å²) in [5.41, 5.74) is 5.68. The molecule has 0 nitrogen and oxygen atoms in total. The van der Waals surface area contributed by atoms with Crippen molar-refractivity contribution in [1.82, 2.24) is 0 Å². The molecule has 0 amide bonds. The molecule has 0 radical (unpaired) electrons. The third kappa shape index (κ3) is 0.622. The zero-order valence-electron chi connectivity index (χ0n) is 5.02. The Hall–Kier alpha value is -1.22. The summed E-state index contributed by atoms with van der Waals surface area (Å²) in [7, 11) is 0. The number of hydrogen-bond donors (Lipinski definition) is 0. The van der Waals surface area contributed by atoms with Crippen LogP contribution in [-0.4, -0.2) is 0 Å². The minimum absolute atomic E-state index is 0.965. The minimum atomic E-state index is 0.965. The van der Waals surface area contributed by atoms with E-state index in [0.29, 0.717) is 0 Å². The Labute approximate surface area is 54.9 Å². The molecule has 0 aromatic rings. The van der Waals surface area contributed by atoms with Crippen molar-refractivity contribution >= 4 is 0 Å². The maximum Gasteiger partial charge on any atom is 0.144 e. The van der Waals surface area contributed by atoms with Gasteiger partial charge in [-0.1, -0.05) is 0 Å². The fourth-order valence-electron chi connectivity index (χ4n) is 1.04. The Bertz CT molecular complexity index is 245. The molecule has 0 N–H and O–H groups in total. The maximum absolute atomic E-state index is 3.13. The van der Waals surface area contributed by atoms with Gasteiger partial charge in [-0.05, 0) is 5.57 Å². The second-order valence-electron chi connectivity index (χ2n) is 2.13. The Morgan fingerprint density at radius 2 is 2.67 bits per heavy atom. The van der Waals surface area contributed by atoms with Crippen LogP contribution < -0.4 is 0 Å². The highest BCUT2D eigenvalue weighted by Crippen LogP contribution is 2.23. The van der Waals surface area contributed by atoms with Crippen molar-refractivity contribution in [3.05, 3.63) is 47.6 Å². The predicted molar refractivity (Wildman–Crippen MR) is 36.4 cm³/mol. The molecule has 0 saturated heterocycles. The van der Waals surface area contributed by atoms with Crippen molar-refractivity contribution < 1.29 is 0 Å². The van der Waals surface area contributed by atoms with Gasteiger partial charge in [0.15, 0.2) is 0 Å². The van der Waals surface area contributed by atoms with Gasteiger partial charge in [0.25, 0.3) is 0 Å². The quantitative estimate of drug-likeness (QED) is 0.333. The average molecular weight is 114 g/mol. The van der Waals surface area contributed by atoms with E-state index in [1.165, 1.54) is 11.1 Å². The zero-order chi connectivity index (χ0) is 6.10. The van der Waals surface area contributed by atoms with Gasteiger partial charge in [0.2, 0.25) is 0 Å². The minimum Gasteiger partial charge on any atom is -0.174 e. The predicted octanol–water partition coefficient (Wildman–Crippen LogP) is 1.98. The summed E-state index contributed by atoms with van der Waals surface area (Å²) >= 11 is 0. The van der Waals surface area contributed by atoms with Gasteiger partial charge in [-0.3, -0.25) is 0 Å². The molecule has 2 aliphatic rings. The first kappa shape index (κ1) is 4.64. The molecule has 0 heterocycles. The summed E-state index contributed by atoms with van der Waals surface area (Å²) < 4.78 is 0. The van der Waals surface area contributed by atoms with Crippen LogP contribution in [0.3, 0.4) is 0 Å². The summed E-state index contributed by atoms with van der Waals surface area (Å²) in [6.45, 7) is 0. The van der Waals surface area contributed by atoms with Gasteiger partial charge in [0.05, 0.1) is 12.5 Å². The third-order valence-electron chi connectivity index (χ3n) is 1.52. The Morgan fingerprint density at radius 1 is 1.67 bits per heavy atom. The highest BCUT2D eigenvalue weighted by atomic mass is 14.1. The van der Waals surface area contributed by atoms with E-state index >= 15 is 0 Å². The molecule has 0 aliphatic heterocycles. The molecule has 0 saturated carbocycles. The van der Waals surface area contributed by atoms with Gasteiger partial charge in [-0.15, -0.1) is 12.2 Å². The van der Waals surface area contributed by atoms with E-state index < -0.39 is 0 Å². The first-order valence-corrected chi connectivity index (χ1v) is 3.03. The number of rotatable bonds is 0. The lowest BCUT2D eigenvalue weighted by atomic mass is 10.1. The molecule has 9 heavy (non-hydrogen) atoms. The van der Waals surface area contributed by atoms with E-state index in [1.807, 2.05) is 18.6 Å². The molecule has 0 aromatic carbocycles. The standard InChI is InChI=1S/C9H6/c1-2-5-9-7-3-6-8(9)4-1/h1-2,4,7H,6H2. The highest BCUT2D eigenvalue weighted by molar-refractivity contribution is 5.48. The van der Waals surface area contributed by atoms with E-state index in [9.17, 15) is 0 Å². The van der Waals surface area contributed by atoms with Crippen LogP contribution in [0, 0.1) is 12.5 Å². The first-order chi connectivity index (χ1) is 4.47. The van der Waals surface area contributed by atoms with Crippen molar-refractivity contribution in [1.29, 1.82) is 0 Å². The van der Waals surface area contributed by atoms with Crippen LogP contribution in [-0.2, 0) is 0 Å². The second-order valence-corrected chi connectivity index (χ2v) is 2.13. The Balaban J connectivity index is 2.55. The van der Waals surface area contributed by atoms with Gasteiger partial charge >= 0.3 is 0 Å². The van der Waals surface area contributed by atoms with Crippen molar-refractivity contribution in [2.45, 2.75) is 6.42 Å². The number of allylic oxidation sites excluding steroid dienone is 5. The molecule has 0 fully saturated rings. The van der Waals surface area contributed by atoms with Crippen molar-refractivity contribution in [3.8, 4) is 0 Å². The summed E-state index contributed by atoms with van der Waals surface area (Å²) in [6.07, 6.45) is 12.2. The molecular formula is C9H6. The molecular weight excluding hydrogens is 108 g/mol. The Kier molecular flexibility index (Phi) is 0.841. The average Bonchev–Trinajstić information content (AvgIpc) is 2.33. The fourth-order valence-corrected chi connectivity index (χ4v) is 1.04. The summed E-state index contributed by atoms with van der Waals surface area (Å²) in [4.78, 5) is 0. The van der Waals surface area contributed by atoms with Crippen LogP contribution in [0.15, 0.2) is 35.1 Å². The molecule has 0 aromatic heterocycles. The van der Waals surface area contributed by atoms with Gasteiger partial charge < -0.3 is 0 Å². The van der Waals surface area contributed by atoms with Crippen LogP contribution >= 0.6 is 0 Å². The lowest BCUT2D eigenvalue weighted by Crippen LogP contribution is -1.81. The number of hydrogen-bond acceptors (Lipinski definition) is 0. The number of fused-ring (bicyclic) bond motifs is 1. The molecule has 0 spiro atoms. The van der Waals surface area contributed by atoms with Gasteiger partial charge in [0, 0.05) is 5.57 Å². The monoisotopic (exact) mass is 114 g/mol. The lowest BCUT2D eigenvalue weighted by molar-refractivity contribution is 1.27. The second kappa shape index (κ2) is 1.63. The zero-order valence-corrected chi connectivity index (χ0v) is 5.02. The molecule has 0 bridgehead atoms. The molecule has 0 heteroatoms. The lowest BCUT2D eigenvalue weighted by Gasteiger charge is -2.00. The highest BCUT2D eigenvalue weighted by Gasteiger charge is 2.11. The van der Waals surface area contributed by atoms with Crippen molar-refractivity contribution in [3.63, 3.8) is 0 Å². The molecule has 0 atom stereocenters. The third-order valence-corrected chi connectivity index (χ3v) is 1.52. The van der Waals surface area contributed by atoms with E-state index in [4.69, 9.17) is 0 Å². The van der Waals surface area contributed by atoms with Crippen molar-refractivity contribution in [2.75, 3.05) is 0 Å². The smallest absolute Gasteiger partial charge is 0.144 e. The fraction of sp³-hybridized carbons (Fsp3) is 0.111. The molecule has 42 valence electrons. The summed E-state index contributed by atoms with van der Waals surface area (Å²) in [5, 5.41) is 0. The largest absolute Gasteiger partial charge is 0.174 e. The summed E-state index contributed by atoms with van der Waals surface area (Å²) in [5.74, 6) is 0. The van der Waals surface area contributed by atoms with Crippen LogP contribution in [0.2, 0.25) is 0 Å². The van der Waals surface area contributed by atoms with Gasteiger partial charge in [-0.2, -0.15) is 12.2 Å². The SMILES string of the molecule is C1=C[CH-]C=C2C[C+]=CC=12.